The molecule has 1 heterocycles. The molecule has 0 fully saturated rings. The minimum atomic E-state index is -0.489. The fraction of sp³-hybridized carbons (Fsp3) is 0.267. The molecule has 6 heteroatoms. The standard InChI is InChI=1S/C15H16N2O4/c1-10-8-13(21-17-10)15(19)16-12(9-14(18)20-2)11-6-4-3-5-7-11/h3-8,12H,9H2,1-2H3,(H,16,19)/t12-/m0/s1. The van der Waals surface area contributed by atoms with Crippen molar-refractivity contribution < 1.29 is 18.8 Å². The minimum Gasteiger partial charge on any atom is -0.469 e. The van der Waals surface area contributed by atoms with Gasteiger partial charge in [-0.1, -0.05) is 35.5 Å². The largest absolute Gasteiger partial charge is 0.469 e. The van der Waals surface area contributed by atoms with E-state index < -0.39 is 17.9 Å². The van der Waals surface area contributed by atoms with Gasteiger partial charge in [0.05, 0.1) is 25.3 Å². The molecule has 2 rings (SSSR count). The zero-order valence-corrected chi connectivity index (χ0v) is 11.8. The summed E-state index contributed by atoms with van der Waals surface area (Å²) in [4.78, 5) is 23.6. The van der Waals surface area contributed by atoms with Crippen molar-refractivity contribution in [1.82, 2.24) is 10.5 Å². The van der Waals surface area contributed by atoms with Crippen LogP contribution in [0.4, 0.5) is 0 Å². The van der Waals surface area contributed by atoms with Crippen molar-refractivity contribution in [1.29, 1.82) is 0 Å². The molecular formula is C15H16N2O4. The van der Waals surface area contributed by atoms with E-state index in [1.165, 1.54) is 13.2 Å². The molecule has 110 valence electrons. The van der Waals surface area contributed by atoms with Crippen molar-refractivity contribution >= 4 is 11.9 Å². The molecule has 0 unspecified atom stereocenters. The second kappa shape index (κ2) is 6.69. The van der Waals surface area contributed by atoms with Crippen LogP contribution in [0.1, 0.15) is 34.3 Å². The molecule has 0 aliphatic heterocycles. The van der Waals surface area contributed by atoms with Gasteiger partial charge in [0.15, 0.2) is 0 Å². The first-order chi connectivity index (χ1) is 10.1. The molecular weight excluding hydrogens is 272 g/mol. The summed E-state index contributed by atoms with van der Waals surface area (Å²) in [6, 6.07) is 10.3. The number of methoxy groups -OCH3 is 1. The Bertz CT molecular complexity index is 622. The van der Waals surface area contributed by atoms with Crippen LogP contribution in [-0.2, 0) is 9.53 Å². The summed E-state index contributed by atoms with van der Waals surface area (Å²) in [6.07, 6.45) is 0.0410. The number of carbonyl (C=O) groups is 2. The lowest BCUT2D eigenvalue weighted by molar-refractivity contribution is -0.141. The van der Waals surface area contributed by atoms with Crippen LogP contribution in [0.2, 0.25) is 0 Å². The SMILES string of the molecule is COC(=O)C[C@H](NC(=O)c1cc(C)no1)c1ccccc1. The maximum Gasteiger partial charge on any atom is 0.307 e. The highest BCUT2D eigenvalue weighted by molar-refractivity contribution is 5.92. The number of nitrogens with one attached hydrogen (secondary N) is 1. The van der Waals surface area contributed by atoms with Gasteiger partial charge in [0.1, 0.15) is 0 Å². The molecule has 0 saturated heterocycles. The van der Waals surface area contributed by atoms with Crippen molar-refractivity contribution in [2.45, 2.75) is 19.4 Å². The van der Waals surface area contributed by atoms with Crippen LogP contribution in [0.15, 0.2) is 40.9 Å². The van der Waals surface area contributed by atoms with E-state index in [-0.39, 0.29) is 12.2 Å². The maximum absolute atomic E-state index is 12.1. The Kier molecular flexibility index (Phi) is 4.71. The van der Waals surface area contributed by atoms with Gasteiger partial charge in [-0.2, -0.15) is 0 Å². The van der Waals surface area contributed by atoms with Crippen LogP contribution < -0.4 is 5.32 Å². The van der Waals surface area contributed by atoms with Gasteiger partial charge in [0.25, 0.3) is 5.91 Å². The second-order valence-electron chi connectivity index (χ2n) is 4.55. The predicted molar refractivity (Wildman–Crippen MR) is 74.5 cm³/mol. The second-order valence-corrected chi connectivity index (χ2v) is 4.55. The van der Waals surface area contributed by atoms with Crippen LogP contribution in [0.25, 0.3) is 0 Å². The zero-order valence-electron chi connectivity index (χ0n) is 11.8. The minimum absolute atomic E-state index is 0.0410. The number of benzene rings is 1. The van der Waals surface area contributed by atoms with E-state index in [4.69, 9.17) is 4.52 Å². The number of carbonyl (C=O) groups excluding carboxylic acids is 2. The molecule has 0 bridgehead atoms. The number of aryl methyl sites for hydroxylation is 1. The molecule has 1 amide bonds. The number of hydrogen-bond donors (Lipinski definition) is 1. The van der Waals surface area contributed by atoms with Crippen LogP contribution in [-0.4, -0.2) is 24.1 Å². The molecule has 1 aromatic heterocycles. The third-order valence-electron chi connectivity index (χ3n) is 2.96. The summed E-state index contributed by atoms with van der Waals surface area (Å²) in [6.45, 7) is 1.73. The molecule has 0 saturated carbocycles. The maximum atomic E-state index is 12.1. The van der Waals surface area contributed by atoms with Gasteiger partial charge in [-0.25, -0.2) is 0 Å². The molecule has 0 aliphatic carbocycles. The lowest BCUT2D eigenvalue weighted by Crippen LogP contribution is -2.30. The van der Waals surface area contributed by atoms with E-state index in [0.29, 0.717) is 5.69 Å². The summed E-state index contributed by atoms with van der Waals surface area (Å²) in [5.41, 5.74) is 1.43. The van der Waals surface area contributed by atoms with Gasteiger partial charge in [0.2, 0.25) is 5.76 Å². The van der Waals surface area contributed by atoms with Crippen LogP contribution in [0.5, 0.6) is 0 Å². The average molecular weight is 288 g/mol. The number of esters is 1. The Labute approximate surface area is 122 Å². The smallest absolute Gasteiger partial charge is 0.307 e. The van der Waals surface area contributed by atoms with Crippen molar-refractivity contribution in [3.63, 3.8) is 0 Å². The summed E-state index contributed by atoms with van der Waals surface area (Å²) >= 11 is 0. The Morgan fingerprint density at radius 2 is 2.05 bits per heavy atom. The average Bonchev–Trinajstić information content (AvgIpc) is 2.94. The number of hydrogen-bond acceptors (Lipinski definition) is 5. The molecule has 21 heavy (non-hydrogen) atoms. The van der Waals surface area contributed by atoms with E-state index in [2.05, 4.69) is 15.2 Å². The van der Waals surface area contributed by atoms with Gasteiger partial charge in [-0.05, 0) is 12.5 Å². The number of rotatable bonds is 5. The molecule has 0 spiro atoms. The van der Waals surface area contributed by atoms with Gasteiger partial charge in [-0.3, -0.25) is 9.59 Å². The van der Waals surface area contributed by atoms with Crippen molar-refractivity contribution in [2.75, 3.05) is 7.11 Å². The fourth-order valence-electron chi connectivity index (χ4n) is 1.89. The molecule has 1 atom stereocenters. The van der Waals surface area contributed by atoms with Gasteiger partial charge in [-0.15, -0.1) is 0 Å². The van der Waals surface area contributed by atoms with Gasteiger partial charge < -0.3 is 14.6 Å². The number of ether oxygens (including phenoxy) is 1. The highest BCUT2D eigenvalue weighted by atomic mass is 16.5. The Morgan fingerprint density at radius 1 is 1.33 bits per heavy atom. The topological polar surface area (TPSA) is 81.4 Å². The first kappa shape index (κ1) is 14.8. The quantitative estimate of drug-likeness (QED) is 0.851. The van der Waals surface area contributed by atoms with E-state index in [0.717, 1.165) is 5.56 Å². The summed E-state index contributed by atoms with van der Waals surface area (Å²) in [5, 5.41) is 6.42. The molecule has 1 N–H and O–H groups in total. The van der Waals surface area contributed by atoms with Crippen LogP contribution in [0.3, 0.4) is 0 Å². The third kappa shape index (κ3) is 3.92. The van der Waals surface area contributed by atoms with Crippen molar-refractivity contribution in [2.24, 2.45) is 0 Å². The summed E-state index contributed by atoms with van der Waals surface area (Å²) in [5.74, 6) is -0.718. The van der Waals surface area contributed by atoms with Crippen LogP contribution in [0, 0.1) is 6.92 Å². The number of nitrogens with zero attached hydrogens (tertiary/aromatic N) is 1. The monoisotopic (exact) mass is 288 g/mol. The fourth-order valence-corrected chi connectivity index (χ4v) is 1.89. The van der Waals surface area contributed by atoms with Crippen molar-refractivity contribution in [3.05, 3.63) is 53.4 Å². The van der Waals surface area contributed by atoms with Gasteiger partial charge in [0, 0.05) is 6.07 Å². The first-order valence-corrected chi connectivity index (χ1v) is 6.46. The molecule has 2 aromatic rings. The van der Waals surface area contributed by atoms with E-state index >= 15 is 0 Å². The molecule has 0 radical (unpaired) electrons. The summed E-state index contributed by atoms with van der Waals surface area (Å²) < 4.78 is 9.58. The highest BCUT2D eigenvalue weighted by Crippen LogP contribution is 2.18. The third-order valence-corrected chi connectivity index (χ3v) is 2.96. The van der Waals surface area contributed by atoms with Gasteiger partial charge >= 0.3 is 5.97 Å². The van der Waals surface area contributed by atoms with E-state index in [1.54, 1.807) is 6.92 Å². The summed E-state index contributed by atoms with van der Waals surface area (Å²) in [7, 11) is 1.31. The Morgan fingerprint density at radius 3 is 2.62 bits per heavy atom. The molecule has 1 aromatic carbocycles. The lowest BCUT2D eigenvalue weighted by Gasteiger charge is -2.17. The number of aromatic nitrogens is 1. The highest BCUT2D eigenvalue weighted by Gasteiger charge is 2.21. The van der Waals surface area contributed by atoms with Crippen molar-refractivity contribution in [3.8, 4) is 0 Å². The van der Waals surface area contributed by atoms with E-state index in [1.807, 2.05) is 30.3 Å². The molecule has 6 nitrogen and oxygen atoms in total. The Hall–Kier alpha value is -2.63. The van der Waals surface area contributed by atoms with E-state index in [9.17, 15) is 9.59 Å². The lowest BCUT2D eigenvalue weighted by atomic mass is 10.0. The predicted octanol–water partition coefficient (Wildman–Crippen LogP) is 2.02. The normalized spacial score (nSPS) is 11.7. The first-order valence-electron chi connectivity index (χ1n) is 6.46. The number of amides is 1. The molecule has 0 aliphatic rings. The zero-order chi connectivity index (χ0) is 15.2. The Balaban J connectivity index is 2.16. The van der Waals surface area contributed by atoms with Crippen LogP contribution >= 0.6 is 0 Å².